The molecule has 1 aliphatic rings. The van der Waals surface area contributed by atoms with E-state index in [1.165, 1.54) is 0 Å². The van der Waals surface area contributed by atoms with Gasteiger partial charge >= 0.3 is 5.97 Å². The van der Waals surface area contributed by atoms with Gasteiger partial charge in [-0.2, -0.15) is 0 Å². The van der Waals surface area contributed by atoms with Gasteiger partial charge in [0, 0.05) is 13.0 Å². The van der Waals surface area contributed by atoms with Crippen LogP contribution in [0.4, 0.5) is 0 Å². The number of carbonyl (C=O) groups is 2. The molecular weight excluding hydrogens is 174 g/mol. The van der Waals surface area contributed by atoms with Crippen LogP contribution in [0.15, 0.2) is 0 Å². The van der Waals surface area contributed by atoms with Gasteiger partial charge in [-0.05, 0) is 6.42 Å². The van der Waals surface area contributed by atoms with Crippen molar-refractivity contribution in [2.75, 3.05) is 13.2 Å². The predicted molar refractivity (Wildman–Crippen MR) is 44.2 cm³/mol. The molecule has 74 valence electrons. The zero-order valence-electron chi connectivity index (χ0n) is 7.28. The average Bonchev–Trinajstić information content (AvgIpc) is 2.53. The fourth-order valence-electron chi connectivity index (χ4n) is 1.17. The molecule has 5 nitrogen and oxygen atoms in total. The van der Waals surface area contributed by atoms with Crippen LogP contribution in [0.5, 0.6) is 0 Å². The van der Waals surface area contributed by atoms with Crippen molar-refractivity contribution in [1.29, 1.82) is 0 Å². The molecule has 13 heavy (non-hydrogen) atoms. The highest BCUT2D eigenvalue weighted by Crippen LogP contribution is 2.03. The number of ether oxygens (including phenoxy) is 1. The first-order chi connectivity index (χ1) is 6.18. The Labute approximate surface area is 76.1 Å². The van der Waals surface area contributed by atoms with E-state index in [9.17, 15) is 9.59 Å². The minimum atomic E-state index is -0.946. The van der Waals surface area contributed by atoms with Crippen LogP contribution in [0, 0.1) is 0 Å². The third-order valence-corrected chi connectivity index (χ3v) is 1.86. The Morgan fingerprint density at radius 2 is 2.23 bits per heavy atom. The fraction of sp³-hybridized carbons (Fsp3) is 0.750. The van der Waals surface area contributed by atoms with Crippen LogP contribution in [0.2, 0.25) is 0 Å². The summed E-state index contributed by atoms with van der Waals surface area (Å²) in [5.41, 5.74) is 0. The standard InChI is InChI=1S/C8H13NO4/c10-7(1-2-8(11)12)9-6-3-4-13-5-6/h6H,1-5H2,(H,9,10)(H,11,12). The second-order valence-corrected chi connectivity index (χ2v) is 3.02. The molecule has 0 saturated carbocycles. The molecule has 1 rings (SSSR count). The lowest BCUT2D eigenvalue weighted by molar-refractivity contribution is -0.138. The molecule has 0 bridgehead atoms. The molecule has 1 aliphatic heterocycles. The molecule has 0 aromatic rings. The van der Waals surface area contributed by atoms with Gasteiger partial charge in [0.25, 0.3) is 0 Å². The maximum absolute atomic E-state index is 11.1. The van der Waals surface area contributed by atoms with Gasteiger partial charge in [-0.3, -0.25) is 9.59 Å². The molecule has 0 radical (unpaired) electrons. The highest BCUT2D eigenvalue weighted by Gasteiger charge is 2.17. The van der Waals surface area contributed by atoms with Crippen molar-refractivity contribution in [3.05, 3.63) is 0 Å². The summed E-state index contributed by atoms with van der Waals surface area (Å²) in [6.07, 6.45) is 0.754. The van der Waals surface area contributed by atoms with Crippen molar-refractivity contribution < 1.29 is 19.4 Å². The van der Waals surface area contributed by atoms with E-state index < -0.39 is 5.97 Å². The van der Waals surface area contributed by atoms with E-state index in [-0.39, 0.29) is 24.8 Å². The van der Waals surface area contributed by atoms with Gasteiger partial charge in [-0.15, -0.1) is 0 Å². The van der Waals surface area contributed by atoms with Gasteiger partial charge in [-0.1, -0.05) is 0 Å². The van der Waals surface area contributed by atoms with E-state index in [0.29, 0.717) is 13.2 Å². The summed E-state index contributed by atoms with van der Waals surface area (Å²) in [5, 5.41) is 11.0. The van der Waals surface area contributed by atoms with E-state index in [0.717, 1.165) is 6.42 Å². The number of carboxylic acids is 1. The van der Waals surface area contributed by atoms with Crippen LogP contribution >= 0.6 is 0 Å². The monoisotopic (exact) mass is 187 g/mol. The second-order valence-electron chi connectivity index (χ2n) is 3.02. The highest BCUT2D eigenvalue weighted by molar-refractivity contribution is 5.80. The Hall–Kier alpha value is -1.10. The summed E-state index contributed by atoms with van der Waals surface area (Å²) in [6.45, 7) is 1.21. The summed E-state index contributed by atoms with van der Waals surface area (Å²) >= 11 is 0. The number of rotatable bonds is 4. The molecule has 1 amide bonds. The highest BCUT2D eigenvalue weighted by atomic mass is 16.5. The first-order valence-corrected chi connectivity index (χ1v) is 4.27. The van der Waals surface area contributed by atoms with Crippen LogP contribution in [-0.2, 0) is 14.3 Å². The molecule has 0 aromatic heterocycles. The van der Waals surface area contributed by atoms with Crippen LogP contribution in [0.3, 0.4) is 0 Å². The molecule has 1 saturated heterocycles. The molecule has 0 spiro atoms. The lowest BCUT2D eigenvalue weighted by atomic mass is 10.2. The summed E-state index contributed by atoms with van der Waals surface area (Å²) in [4.78, 5) is 21.2. The Kier molecular flexibility index (Phi) is 3.70. The first-order valence-electron chi connectivity index (χ1n) is 4.27. The Bertz CT molecular complexity index is 198. The van der Waals surface area contributed by atoms with Crippen LogP contribution in [0.1, 0.15) is 19.3 Å². The zero-order valence-corrected chi connectivity index (χ0v) is 7.28. The van der Waals surface area contributed by atoms with Crippen molar-refractivity contribution >= 4 is 11.9 Å². The van der Waals surface area contributed by atoms with Crippen LogP contribution in [-0.4, -0.2) is 36.2 Å². The number of carbonyl (C=O) groups excluding carboxylic acids is 1. The summed E-state index contributed by atoms with van der Waals surface area (Å²) in [5.74, 6) is -1.16. The van der Waals surface area contributed by atoms with Crippen molar-refractivity contribution in [1.82, 2.24) is 5.32 Å². The summed E-state index contributed by atoms with van der Waals surface area (Å²) in [7, 11) is 0. The zero-order chi connectivity index (χ0) is 9.68. The Balaban J connectivity index is 2.13. The second kappa shape index (κ2) is 4.81. The quantitative estimate of drug-likeness (QED) is 0.636. The number of carboxylic acid groups (broad SMARTS) is 1. The largest absolute Gasteiger partial charge is 0.481 e. The number of aliphatic carboxylic acids is 1. The van der Waals surface area contributed by atoms with Gasteiger partial charge in [0.05, 0.1) is 19.1 Å². The predicted octanol–water partition coefficient (Wildman–Crippen LogP) is -0.244. The van der Waals surface area contributed by atoms with Gasteiger partial charge < -0.3 is 15.2 Å². The normalized spacial score (nSPS) is 21.4. The average molecular weight is 187 g/mol. The van der Waals surface area contributed by atoms with E-state index in [1.807, 2.05) is 0 Å². The molecule has 2 N–H and O–H groups in total. The lowest BCUT2D eigenvalue weighted by Crippen LogP contribution is -2.35. The maximum atomic E-state index is 11.1. The number of hydrogen-bond donors (Lipinski definition) is 2. The molecular formula is C8H13NO4. The minimum Gasteiger partial charge on any atom is -0.481 e. The van der Waals surface area contributed by atoms with Gasteiger partial charge in [0.15, 0.2) is 0 Å². The number of hydrogen-bond acceptors (Lipinski definition) is 3. The minimum absolute atomic E-state index is 0.0475. The molecule has 1 heterocycles. The SMILES string of the molecule is O=C(O)CCC(=O)NC1CCOC1. The van der Waals surface area contributed by atoms with Gasteiger partial charge in [-0.25, -0.2) is 0 Å². The summed E-state index contributed by atoms with van der Waals surface area (Å²) < 4.78 is 5.05. The molecule has 1 atom stereocenters. The molecule has 1 fully saturated rings. The number of amides is 1. The smallest absolute Gasteiger partial charge is 0.303 e. The van der Waals surface area contributed by atoms with Crippen molar-refractivity contribution in [3.63, 3.8) is 0 Å². The van der Waals surface area contributed by atoms with E-state index in [1.54, 1.807) is 0 Å². The van der Waals surface area contributed by atoms with Gasteiger partial charge in [0.2, 0.25) is 5.91 Å². The van der Waals surface area contributed by atoms with Crippen molar-refractivity contribution in [2.24, 2.45) is 0 Å². The topological polar surface area (TPSA) is 75.6 Å². The van der Waals surface area contributed by atoms with E-state index >= 15 is 0 Å². The van der Waals surface area contributed by atoms with Crippen molar-refractivity contribution in [3.8, 4) is 0 Å². The maximum Gasteiger partial charge on any atom is 0.303 e. The van der Waals surface area contributed by atoms with E-state index in [2.05, 4.69) is 5.32 Å². The molecule has 1 unspecified atom stereocenters. The van der Waals surface area contributed by atoms with E-state index in [4.69, 9.17) is 9.84 Å². The van der Waals surface area contributed by atoms with Gasteiger partial charge in [0.1, 0.15) is 0 Å². The Morgan fingerprint density at radius 3 is 2.77 bits per heavy atom. The third kappa shape index (κ3) is 3.89. The summed E-state index contributed by atoms with van der Waals surface area (Å²) in [6, 6.07) is 0.0706. The van der Waals surface area contributed by atoms with Crippen LogP contribution < -0.4 is 5.32 Å². The fourth-order valence-corrected chi connectivity index (χ4v) is 1.17. The lowest BCUT2D eigenvalue weighted by Gasteiger charge is -2.09. The Morgan fingerprint density at radius 1 is 1.46 bits per heavy atom. The number of nitrogens with one attached hydrogen (secondary N) is 1. The molecule has 0 aromatic carbocycles. The van der Waals surface area contributed by atoms with Crippen LogP contribution in [0.25, 0.3) is 0 Å². The molecule has 5 heteroatoms. The third-order valence-electron chi connectivity index (χ3n) is 1.86. The van der Waals surface area contributed by atoms with Crippen molar-refractivity contribution in [2.45, 2.75) is 25.3 Å². The molecule has 0 aliphatic carbocycles. The first kappa shape index (κ1) is 9.98.